The maximum atomic E-state index is 11.7. The Morgan fingerprint density at radius 2 is 2.24 bits per heavy atom. The zero-order chi connectivity index (χ0) is 14.9. The second-order valence-electron chi connectivity index (χ2n) is 4.85. The molecule has 0 spiro atoms. The van der Waals surface area contributed by atoms with Gasteiger partial charge in [-0.25, -0.2) is 0 Å². The minimum atomic E-state index is -0.0777. The zero-order valence-corrected chi connectivity index (χ0v) is 12.4. The number of carbonyl (C=O) groups is 1. The van der Waals surface area contributed by atoms with Crippen LogP contribution in [0.2, 0.25) is 0 Å². The van der Waals surface area contributed by atoms with Gasteiger partial charge in [-0.05, 0) is 23.8 Å². The van der Waals surface area contributed by atoms with Crippen LogP contribution in [0.1, 0.15) is 5.56 Å². The summed E-state index contributed by atoms with van der Waals surface area (Å²) in [5.41, 5.74) is 0.942. The lowest BCUT2D eigenvalue weighted by molar-refractivity contribution is -0.116. The van der Waals surface area contributed by atoms with E-state index in [1.807, 2.05) is 24.3 Å². The first-order chi connectivity index (χ1) is 10.3. The summed E-state index contributed by atoms with van der Waals surface area (Å²) in [5, 5.41) is 2.89. The van der Waals surface area contributed by atoms with Gasteiger partial charge in [-0.1, -0.05) is 12.1 Å². The zero-order valence-electron chi connectivity index (χ0n) is 12.4. The van der Waals surface area contributed by atoms with E-state index in [1.54, 1.807) is 19.3 Å². The van der Waals surface area contributed by atoms with Gasteiger partial charge in [0.2, 0.25) is 5.91 Å². The molecule has 0 saturated carbocycles. The third-order valence-corrected chi connectivity index (χ3v) is 3.35. The van der Waals surface area contributed by atoms with Gasteiger partial charge in [-0.15, -0.1) is 0 Å². The molecular weight excluding hydrogens is 268 g/mol. The molecule has 0 aliphatic carbocycles. The summed E-state index contributed by atoms with van der Waals surface area (Å²) in [6, 6.07) is 7.59. The Hall–Kier alpha value is -1.85. The van der Waals surface area contributed by atoms with Crippen molar-refractivity contribution in [3.05, 3.63) is 35.9 Å². The van der Waals surface area contributed by atoms with Gasteiger partial charge in [0.15, 0.2) is 0 Å². The van der Waals surface area contributed by atoms with Crippen molar-refractivity contribution in [1.29, 1.82) is 0 Å². The molecule has 0 unspecified atom stereocenters. The van der Waals surface area contributed by atoms with Crippen LogP contribution < -0.4 is 10.1 Å². The number of nitrogens with one attached hydrogen (secondary N) is 1. The highest BCUT2D eigenvalue weighted by Gasteiger charge is 2.09. The first-order valence-corrected chi connectivity index (χ1v) is 7.18. The summed E-state index contributed by atoms with van der Waals surface area (Å²) in [4.78, 5) is 14.0. The highest BCUT2D eigenvalue weighted by atomic mass is 16.5. The SMILES string of the molecule is COc1cccc(C=CC(=O)NCCN2CCOCC2)c1. The third kappa shape index (κ3) is 5.57. The Kier molecular flexibility index (Phi) is 6.24. The lowest BCUT2D eigenvalue weighted by atomic mass is 10.2. The van der Waals surface area contributed by atoms with E-state index in [9.17, 15) is 4.79 Å². The second-order valence-corrected chi connectivity index (χ2v) is 4.85. The van der Waals surface area contributed by atoms with Crippen LogP contribution in [-0.4, -0.2) is 57.3 Å². The molecule has 21 heavy (non-hydrogen) atoms. The predicted octanol–water partition coefficient (Wildman–Crippen LogP) is 1.16. The number of ether oxygens (including phenoxy) is 2. The van der Waals surface area contributed by atoms with Crippen LogP contribution in [0.25, 0.3) is 6.08 Å². The monoisotopic (exact) mass is 290 g/mol. The van der Waals surface area contributed by atoms with E-state index in [4.69, 9.17) is 9.47 Å². The fourth-order valence-corrected chi connectivity index (χ4v) is 2.14. The van der Waals surface area contributed by atoms with Crippen molar-refractivity contribution in [1.82, 2.24) is 10.2 Å². The smallest absolute Gasteiger partial charge is 0.244 e. The molecule has 1 fully saturated rings. The largest absolute Gasteiger partial charge is 0.497 e. The van der Waals surface area contributed by atoms with E-state index >= 15 is 0 Å². The topological polar surface area (TPSA) is 50.8 Å². The van der Waals surface area contributed by atoms with Gasteiger partial charge in [-0.3, -0.25) is 9.69 Å². The van der Waals surface area contributed by atoms with Crippen molar-refractivity contribution < 1.29 is 14.3 Å². The van der Waals surface area contributed by atoms with E-state index in [0.717, 1.165) is 44.2 Å². The number of benzene rings is 1. The molecule has 2 rings (SSSR count). The third-order valence-electron chi connectivity index (χ3n) is 3.35. The Bertz CT molecular complexity index is 482. The molecule has 1 heterocycles. The van der Waals surface area contributed by atoms with Gasteiger partial charge in [0, 0.05) is 32.3 Å². The number of hydrogen-bond donors (Lipinski definition) is 1. The second kappa shape index (κ2) is 8.44. The quantitative estimate of drug-likeness (QED) is 0.799. The summed E-state index contributed by atoms with van der Waals surface area (Å²) < 4.78 is 10.4. The molecular formula is C16H22N2O3. The van der Waals surface area contributed by atoms with Gasteiger partial charge in [0.05, 0.1) is 20.3 Å². The van der Waals surface area contributed by atoms with Gasteiger partial charge < -0.3 is 14.8 Å². The van der Waals surface area contributed by atoms with Crippen molar-refractivity contribution in [2.75, 3.05) is 46.5 Å². The number of amides is 1. The van der Waals surface area contributed by atoms with Crippen molar-refractivity contribution in [3.8, 4) is 5.75 Å². The van der Waals surface area contributed by atoms with Crippen LogP contribution >= 0.6 is 0 Å². The fraction of sp³-hybridized carbons (Fsp3) is 0.438. The van der Waals surface area contributed by atoms with E-state index < -0.39 is 0 Å². The van der Waals surface area contributed by atoms with Crippen LogP contribution in [0.5, 0.6) is 5.75 Å². The van der Waals surface area contributed by atoms with E-state index in [1.165, 1.54) is 0 Å². The Morgan fingerprint density at radius 1 is 1.43 bits per heavy atom. The number of nitrogens with zero attached hydrogens (tertiary/aromatic N) is 1. The molecule has 5 nitrogen and oxygen atoms in total. The predicted molar refractivity (Wildman–Crippen MR) is 82.3 cm³/mol. The molecule has 1 amide bonds. The number of rotatable bonds is 6. The average Bonchev–Trinajstić information content (AvgIpc) is 2.54. The fourth-order valence-electron chi connectivity index (χ4n) is 2.14. The molecule has 0 bridgehead atoms. The summed E-state index contributed by atoms with van der Waals surface area (Å²) >= 11 is 0. The molecule has 1 N–H and O–H groups in total. The van der Waals surface area contributed by atoms with Gasteiger partial charge in [0.25, 0.3) is 0 Å². The normalized spacial score (nSPS) is 16.0. The summed E-state index contributed by atoms with van der Waals surface area (Å²) in [5.74, 6) is 0.705. The molecule has 0 atom stereocenters. The lowest BCUT2D eigenvalue weighted by Gasteiger charge is -2.26. The van der Waals surface area contributed by atoms with Crippen LogP contribution in [0.3, 0.4) is 0 Å². The van der Waals surface area contributed by atoms with E-state index in [0.29, 0.717) is 6.54 Å². The molecule has 5 heteroatoms. The Morgan fingerprint density at radius 3 is 3.00 bits per heavy atom. The highest BCUT2D eigenvalue weighted by molar-refractivity contribution is 5.91. The average molecular weight is 290 g/mol. The minimum absolute atomic E-state index is 0.0777. The van der Waals surface area contributed by atoms with Crippen molar-refractivity contribution in [2.24, 2.45) is 0 Å². The van der Waals surface area contributed by atoms with Crippen molar-refractivity contribution in [2.45, 2.75) is 0 Å². The summed E-state index contributed by atoms with van der Waals surface area (Å²) in [7, 11) is 1.63. The summed E-state index contributed by atoms with van der Waals surface area (Å²) in [6.07, 6.45) is 3.33. The van der Waals surface area contributed by atoms with Crippen LogP contribution in [-0.2, 0) is 9.53 Å². The van der Waals surface area contributed by atoms with E-state index in [2.05, 4.69) is 10.2 Å². The molecule has 1 aromatic carbocycles. The minimum Gasteiger partial charge on any atom is -0.497 e. The maximum absolute atomic E-state index is 11.7. The molecule has 1 aromatic rings. The van der Waals surface area contributed by atoms with Crippen LogP contribution in [0, 0.1) is 0 Å². The van der Waals surface area contributed by atoms with Crippen molar-refractivity contribution in [3.63, 3.8) is 0 Å². The van der Waals surface area contributed by atoms with Gasteiger partial charge >= 0.3 is 0 Å². The van der Waals surface area contributed by atoms with Crippen molar-refractivity contribution >= 4 is 12.0 Å². The molecule has 0 radical (unpaired) electrons. The number of hydrogen-bond acceptors (Lipinski definition) is 4. The first-order valence-electron chi connectivity index (χ1n) is 7.18. The number of methoxy groups -OCH3 is 1. The highest BCUT2D eigenvalue weighted by Crippen LogP contribution is 2.13. The molecule has 0 aromatic heterocycles. The lowest BCUT2D eigenvalue weighted by Crippen LogP contribution is -2.41. The molecule has 1 saturated heterocycles. The molecule has 1 aliphatic rings. The van der Waals surface area contributed by atoms with E-state index in [-0.39, 0.29) is 5.91 Å². The van der Waals surface area contributed by atoms with Gasteiger partial charge in [0.1, 0.15) is 5.75 Å². The molecule has 1 aliphatic heterocycles. The Balaban J connectivity index is 1.71. The van der Waals surface area contributed by atoms with Crippen LogP contribution in [0.4, 0.5) is 0 Å². The Labute approximate surface area is 125 Å². The van der Waals surface area contributed by atoms with Crippen LogP contribution in [0.15, 0.2) is 30.3 Å². The summed E-state index contributed by atoms with van der Waals surface area (Å²) in [6.45, 7) is 4.96. The molecule has 114 valence electrons. The number of carbonyl (C=O) groups excluding carboxylic acids is 1. The first kappa shape index (κ1) is 15.5. The maximum Gasteiger partial charge on any atom is 0.244 e. The van der Waals surface area contributed by atoms with Gasteiger partial charge in [-0.2, -0.15) is 0 Å². The standard InChI is InChI=1S/C16H22N2O3/c1-20-15-4-2-3-14(13-15)5-6-16(19)17-7-8-18-9-11-21-12-10-18/h2-6,13H,7-12H2,1H3,(H,17,19). The number of morpholine rings is 1.